The van der Waals surface area contributed by atoms with E-state index in [1.807, 2.05) is 0 Å². The monoisotopic (exact) mass is 610 g/mol. The van der Waals surface area contributed by atoms with Gasteiger partial charge in [-0.15, -0.1) is 0 Å². The van der Waals surface area contributed by atoms with Gasteiger partial charge in [-0.1, -0.05) is 28.1 Å². The average molecular weight is 611 g/mol. The van der Waals surface area contributed by atoms with Gasteiger partial charge in [-0.05, 0) is 25.1 Å². The average Bonchev–Trinajstić information content (AvgIpc) is 3.14. The molecule has 4 rings (SSSR count). The van der Waals surface area contributed by atoms with E-state index in [0.717, 1.165) is 0 Å². The fourth-order valence-electron chi connectivity index (χ4n) is 4.06. The molecule has 1 amide bonds. The lowest BCUT2D eigenvalue weighted by Crippen LogP contribution is -2.13. The summed E-state index contributed by atoms with van der Waals surface area (Å²) in [6, 6.07) is 9.41. The molecule has 2 heterocycles. The number of ether oxygens (including phenoxy) is 1. The number of hydrogen-bond acceptors (Lipinski definition) is 7. The molecule has 2 aromatic carbocycles. The van der Waals surface area contributed by atoms with E-state index in [2.05, 4.69) is 41.8 Å². The second-order valence-electron chi connectivity index (χ2n) is 8.28. The Morgan fingerprint density at radius 2 is 1.95 bits per heavy atom. The lowest BCUT2D eigenvalue weighted by molar-refractivity contribution is -0.137. The molecule has 0 aliphatic carbocycles. The predicted octanol–water partition coefficient (Wildman–Crippen LogP) is 6.26. The van der Waals surface area contributed by atoms with E-state index in [-0.39, 0.29) is 46.4 Å². The van der Waals surface area contributed by atoms with E-state index < -0.39 is 24.2 Å². The fraction of sp³-hybridized carbons (Fsp3) is 0.240. The molecule has 0 bridgehead atoms. The number of halogens is 5. The molecule has 4 aromatic rings. The van der Waals surface area contributed by atoms with E-state index in [1.54, 1.807) is 31.2 Å². The van der Waals surface area contributed by atoms with Gasteiger partial charge in [-0.2, -0.15) is 18.2 Å². The van der Waals surface area contributed by atoms with Gasteiger partial charge in [0.1, 0.15) is 23.8 Å². The van der Waals surface area contributed by atoms with E-state index in [4.69, 9.17) is 4.74 Å². The minimum absolute atomic E-state index is 0.0934. The van der Waals surface area contributed by atoms with Crippen molar-refractivity contribution in [1.29, 1.82) is 0 Å². The number of aromatic nitrogens is 3. The zero-order chi connectivity index (χ0) is 28.3. The number of nitrogens with one attached hydrogen (secondary N) is 3. The lowest BCUT2D eigenvalue weighted by Gasteiger charge is -2.16. The first kappa shape index (κ1) is 28.0. The summed E-state index contributed by atoms with van der Waals surface area (Å²) in [5.74, 6) is -1.02. The van der Waals surface area contributed by atoms with E-state index in [0.29, 0.717) is 28.7 Å². The molecule has 206 valence electrons. The van der Waals surface area contributed by atoms with Crippen LogP contribution in [0.25, 0.3) is 10.8 Å². The second-order valence-corrected chi connectivity index (χ2v) is 8.84. The SMILES string of the molecule is COc1cc(NC(=O)CBr)ccc1Nc1ncc(C(F)(F)F)c(Nc2cccc3c(C)n(CCF)c(O)c23)n1. The number of methoxy groups -OCH3 is 1. The summed E-state index contributed by atoms with van der Waals surface area (Å²) in [5, 5.41) is 19.8. The molecule has 0 aliphatic heterocycles. The van der Waals surface area contributed by atoms with E-state index in [9.17, 15) is 27.5 Å². The van der Waals surface area contributed by atoms with E-state index in [1.165, 1.54) is 23.8 Å². The zero-order valence-electron chi connectivity index (χ0n) is 20.7. The third-order valence-corrected chi connectivity index (χ3v) is 6.36. The van der Waals surface area contributed by atoms with Crippen molar-refractivity contribution in [2.45, 2.75) is 19.6 Å². The number of fused-ring (bicyclic) bond motifs is 1. The van der Waals surface area contributed by atoms with Crippen LogP contribution in [0, 0.1) is 6.92 Å². The van der Waals surface area contributed by atoms with Crippen molar-refractivity contribution in [3.8, 4) is 11.6 Å². The fourth-order valence-corrected chi connectivity index (χ4v) is 4.20. The number of amides is 1. The number of aryl methyl sites for hydroxylation is 1. The summed E-state index contributed by atoms with van der Waals surface area (Å²) < 4.78 is 61.4. The Morgan fingerprint density at radius 1 is 1.18 bits per heavy atom. The molecule has 0 radical (unpaired) electrons. The van der Waals surface area contributed by atoms with Crippen molar-refractivity contribution in [3.05, 3.63) is 53.9 Å². The van der Waals surface area contributed by atoms with Crippen molar-refractivity contribution in [3.63, 3.8) is 0 Å². The normalized spacial score (nSPS) is 11.5. The van der Waals surface area contributed by atoms with Crippen molar-refractivity contribution in [2.24, 2.45) is 0 Å². The molecule has 9 nitrogen and oxygen atoms in total. The van der Waals surface area contributed by atoms with Crippen LogP contribution in [0.4, 0.5) is 46.4 Å². The van der Waals surface area contributed by atoms with Crippen LogP contribution in [0.2, 0.25) is 0 Å². The minimum atomic E-state index is -4.79. The third kappa shape index (κ3) is 5.85. The molecule has 0 saturated heterocycles. The molecule has 39 heavy (non-hydrogen) atoms. The van der Waals surface area contributed by atoms with Crippen LogP contribution in [0.1, 0.15) is 11.3 Å². The Bertz CT molecular complexity index is 1530. The number of rotatable bonds is 9. The van der Waals surface area contributed by atoms with Gasteiger partial charge in [0.25, 0.3) is 0 Å². The highest BCUT2D eigenvalue weighted by Crippen LogP contribution is 2.41. The maximum Gasteiger partial charge on any atom is 0.421 e. The maximum absolute atomic E-state index is 13.9. The highest BCUT2D eigenvalue weighted by atomic mass is 79.9. The third-order valence-electron chi connectivity index (χ3n) is 5.85. The van der Waals surface area contributed by atoms with E-state index >= 15 is 0 Å². The van der Waals surface area contributed by atoms with Crippen molar-refractivity contribution in [2.75, 3.05) is 35.1 Å². The number of hydrogen-bond donors (Lipinski definition) is 4. The van der Waals surface area contributed by atoms with Crippen LogP contribution in [-0.2, 0) is 17.5 Å². The molecule has 0 saturated carbocycles. The van der Waals surface area contributed by atoms with Crippen molar-refractivity contribution < 1.29 is 32.2 Å². The predicted molar refractivity (Wildman–Crippen MR) is 143 cm³/mol. The Balaban J connectivity index is 1.73. The van der Waals surface area contributed by atoms with Gasteiger partial charge < -0.3 is 30.4 Å². The summed E-state index contributed by atoms with van der Waals surface area (Å²) in [6.07, 6.45) is -4.16. The molecule has 0 atom stereocenters. The van der Waals surface area contributed by atoms with Crippen LogP contribution in [0.5, 0.6) is 11.6 Å². The van der Waals surface area contributed by atoms with Crippen LogP contribution in [0.15, 0.2) is 42.6 Å². The number of carbonyl (C=O) groups is 1. The Labute approximate surface area is 228 Å². The highest BCUT2D eigenvalue weighted by molar-refractivity contribution is 9.09. The maximum atomic E-state index is 13.9. The molecule has 0 spiro atoms. The van der Waals surface area contributed by atoms with Gasteiger partial charge in [0.2, 0.25) is 17.7 Å². The lowest BCUT2D eigenvalue weighted by atomic mass is 10.1. The van der Waals surface area contributed by atoms with Crippen molar-refractivity contribution >= 4 is 61.4 Å². The molecule has 4 N–H and O–H groups in total. The number of carbonyl (C=O) groups excluding carboxylic acids is 1. The Kier molecular flexibility index (Phi) is 8.14. The topological polar surface area (TPSA) is 113 Å². The molecule has 2 aromatic heterocycles. The van der Waals surface area contributed by atoms with Crippen LogP contribution < -0.4 is 20.7 Å². The molecule has 14 heteroatoms. The summed E-state index contributed by atoms with van der Waals surface area (Å²) >= 11 is 3.06. The number of benzene rings is 2. The minimum Gasteiger partial charge on any atom is -0.494 e. The number of aromatic hydroxyl groups is 1. The first-order valence-corrected chi connectivity index (χ1v) is 12.6. The molecular weight excluding hydrogens is 588 g/mol. The summed E-state index contributed by atoms with van der Waals surface area (Å²) in [7, 11) is 1.39. The van der Waals surface area contributed by atoms with Gasteiger partial charge in [-0.25, -0.2) is 9.37 Å². The van der Waals surface area contributed by atoms with Gasteiger partial charge >= 0.3 is 6.18 Å². The summed E-state index contributed by atoms with van der Waals surface area (Å²) in [4.78, 5) is 19.5. The van der Waals surface area contributed by atoms with Gasteiger partial charge in [-0.3, -0.25) is 4.79 Å². The second kappa shape index (κ2) is 11.4. The smallest absolute Gasteiger partial charge is 0.421 e. The van der Waals surface area contributed by atoms with Gasteiger partial charge in [0, 0.05) is 29.0 Å². The first-order chi connectivity index (χ1) is 18.6. The van der Waals surface area contributed by atoms with Crippen LogP contribution >= 0.6 is 15.9 Å². The molecule has 0 unspecified atom stereocenters. The zero-order valence-corrected chi connectivity index (χ0v) is 22.2. The number of alkyl halides is 5. The molecule has 0 fully saturated rings. The molecular formula is C25H23BrF4N6O3. The van der Waals surface area contributed by atoms with Gasteiger partial charge in [0.05, 0.1) is 35.7 Å². The Hall–Kier alpha value is -4.07. The van der Waals surface area contributed by atoms with Crippen molar-refractivity contribution in [1.82, 2.24) is 14.5 Å². The highest BCUT2D eigenvalue weighted by Gasteiger charge is 2.35. The first-order valence-electron chi connectivity index (χ1n) is 11.5. The largest absolute Gasteiger partial charge is 0.494 e. The summed E-state index contributed by atoms with van der Waals surface area (Å²) in [5.41, 5.74) is 0.349. The molecule has 0 aliphatic rings. The Morgan fingerprint density at radius 3 is 2.62 bits per heavy atom. The van der Waals surface area contributed by atoms with Crippen LogP contribution in [0.3, 0.4) is 0 Å². The number of anilines is 5. The van der Waals surface area contributed by atoms with Crippen LogP contribution in [-0.4, -0.2) is 44.7 Å². The standard InChI is InChI=1S/C25H23BrF4N6O3/c1-13-15-4-3-5-18(21(15)23(38)36(13)9-8-27)33-22-16(25(28,29)30)12-31-24(35-22)34-17-7-6-14(10-19(17)39-2)32-20(37)11-26/h3-7,10,12,38H,8-9,11H2,1-2H3,(H,32,37)(H2,31,33,34,35). The summed E-state index contributed by atoms with van der Waals surface area (Å²) in [6.45, 7) is 0.839. The number of nitrogens with zero attached hydrogens (tertiary/aromatic N) is 3. The van der Waals surface area contributed by atoms with Gasteiger partial charge in [0.15, 0.2) is 0 Å². The quantitative estimate of drug-likeness (QED) is 0.131.